The molecule has 0 bridgehead atoms. The van der Waals surface area contributed by atoms with E-state index in [1.807, 2.05) is 27.7 Å². The van der Waals surface area contributed by atoms with Crippen molar-refractivity contribution in [1.29, 1.82) is 0 Å². The first kappa shape index (κ1) is 34.9. The van der Waals surface area contributed by atoms with Crippen molar-refractivity contribution in [2.24, 2.45) is 17.6 Å². The van der Waals surface area contributed by atoms with Crippen LogP contribution in [-0.4, -0.2) is 50.3 Å². The van der Waals surface area contributed by atoms with Gasteiger partial charge in [0, 0.05) is 29.9 Å². The summed E-state index contributed by atoms with van der Waals surface area (Å²) >= 11 is 5.27. The van der Waals surface area contributed by atoms with Gasteiger partial charge >= 0.3 is 6.18 Å². The number of pyridine rings is 1. The van der Waals surface area contributed by atoms with Gasteiger partial charge in [0.15, 0.2) is 0 Å². The van der Waals surface area contributed by atoms with Gasteiger partial charge in [-0.05, 0) is 47.9 Å². The monoisotopic (exact) mass is 658 g/mol. The average molecular weight is 659 g/mol. The molecule has 2 unspecified atom stereocenters. The number of thiocarbonyl (C=S) groups is 1. The normalized spacial score (nSPS) is 18.9. The molecule has 0 spiro atoms. The second kappa shape index (κ2) is 14.2. The van der Waals surface area contributed by atoms with E-state index in [4.69, 9.17) is 18.0 Å². The number of carbonyl (C=O) groups is 3. The number of H-pyrrole nitrogens is 1. The summed E-state index contributed by atoms with van der Waals surface area (Å²) in [6.07, 6.45) is -0.0109. The molecular weight excluding hydrogens is 617 g/mol. The Balaban J connectivity index is 1.72. The van der Waals surface area contributed by atoms with Crippen LogP contribution in [0, 0.1) is 11.8 Å². The minimum atomic E-state index is -4.59. The lowest BCUT2D eigenvalue weighted by Gasteiger charge is -2.40. The summed E-state index contributed by atoms with van der Waals surface area (Å²) in [7, 11) is 0. The first-order valence-electron chi connectivity index (χ1n) is 15.5. The molecule has 248 valence electrons. The van der Waals surface area contributed by atoms with Crippen molar-refractivity contribution in [2.45, 2.75) is 90.0 Å². The van der Waals surface area contributed by atoms with Gasteiger partial charge in [-0.25, -0.2) is 0 Å². The van der Waals surface area contributed by atoms with Gasteiger partial charge in [-0.3, -0.25) is 19.4 Å². The number of rotatable bonds is 12. The molecule has 2 heterocycles. The average Bonchev–Trinajstić information content (AvgIpc) is 3.39. The molecule has 13 heteroatoms. The molecule has 4 rings (SSSR count). The number of benzene rings is 1. The lowest BCUT2D eigenvalue weighted by molar-refractivity contribution is -0.137. The van der Waals surface area contributed by atoms with E-state index in [-0.39, 0.29) is 53.9 Å². The van der Waals surface area contributed by atoms with Crippen LogP contribution in [0.4, 0.5) is 13.2 Å². The Hall–Kier alpha value is -4.00. The Morgan fingerprint density at radius 2 is 1.76 bits per heavy atom. The van der Waals surface area contributed by atoms with Crippen LogP contribution in [0.2, 0.25) is 0 Å². The molecule has 3 amide bonds. The molecule has 1 aliphatic carbocycles. The van der Waals surface area contributed by atoms with E-state index in [0.717, 1.165) is 6.07 Å². The van der Waals surface area contributed by atoms with Gasteiger partial charge in [-0.15, -0.1) is 0 Å². The number of aryl methyl sites for hydroxylation is 1. The minimum Gasteiger partial charge on any atom is -0.392 e. The number of alkyl halides is 3. The number of para-hydroxylation sites is 1. The Bertz CT molecular complexity index is 1590. The van der Waals surface area contributed by atoms with Crippen LogP contribution in [0.25, 0.3) is 10.9 Å². The smallest absolute Gasteiger partial charge is 0.392 e. The second-order valence-corrected chi connectivity index (χ2v) is 12.7. The molecular formula is C33H41F3N6O3S. The number of aromatic nitrogens is 2. The predicted molar refractivity (Wildman–Crippen MR) is 174 cm³/mol. The maximum atomic E-state index is 14.3. The number of nitrogens with one attached hydrogen (secondary N) is 4. The minimum absolute atomic E-state index is 0.00442. The molecule has 0 fully saturated rings. The molecule has 0 radical (unpaired) electrons. The Morgan fingerprint density at radius 3 is 2.37 bits per heavy atom. The molecule has 5 atom stereocenters. The van der Waals surface area contributed by atoms with Gasteiger partial charge in [-0.1, -0.05) is 71.0 Å². The molecule has 1 aliphatic rings. The SMILES string of the molecule is CCC(C)[C@H](NC(=O)Cc1cccnc1)C(=O)N[C@]1(C(=O)N[C@H](C(N)=S)C(C)CC)CCc2[nH]c3c(C(F)(F)F)cccc3c2C1. The third-order valence-electron chi connectivity index (χ3n) is 9.12. The van der Waals surface area contributed by atoms with Gasteiger partial charge in [0.25, 0.3) is 0 Å². The summed E-state index contributed by atoms with van der Waals surface area (Å²) in [5.41, 5.74) is 5.33. The standard InChI is InChI=1S/C33H41F3N6O3S/c1-5-18(3)26(29(37)46)41-31(45)32(13-12-24-22(16-32)21-10-7-11-23(28(21)39-24)33(34,35)36)42-30(44)27(19(4)6-2)40-25(43)15-20-9-8-14-38-17-20/h7-11,14,17-19,26-27,39H,5-6,12-13,15-16H2,1-4H3,(H2,37,46)(H,40,43)(H,41,45)(H,42,44)/t18?,19?,26-,27-,32+/m0/s1. The zero-order chi connectivity index (χ0) is 33.8. The number of amides is 3. The first-order valence-corrected chi connectivity index (χ1v) is 15.9. The van der Waals surface area contributed by atoms with Crippen LogP contribution in [0.3, 0.4) is 0 Å². The van der Waals surface area contributed by atoms with Crippen molar-refractivity contribution < 1.29 is 27.6 Å². The number of hydrogen-bond acceptors (Lipinski definition) is 5. The van der Waals surface area contributed by atoms with E-state index in [9.17, 15) is 27.6 Å². The highest BCUT2D eigenvalue weighted by Crippen LogP contribution is 2.40. The molecule has 6 N–H and O–H groups in total. The maximum Gasteiger partial charge on any atom is 0.418 e. The highest BCUT2D eigenvalue weighted by Gasteiger charge is 2.47. The Morgan fingerprint density at radius 1 is 1.07 bits per heavy atom. The summed E-state index contributed by atoms with van der Waals surface area (Å²) < 4.78 is 41.7. The zero-order valence-electron chi connectivity index (χ0n) is 26.4. The topological polar surface area (TPSA) is 142 Å². The maximum absolute atomic E-state index is 14.3. The van der Waals surface area contributed by atoms with Gasteiger partial charge < -0.3 is 26.7 Å². The number of aromatic amines is 1. The number of fused-ring (bicyclic) bond motifs is 3. The number of hydrogen-bond donors (Lipinski definition) is 5. The fraction of sp³-hybridized carbons (Fsp3) is 0.485. The van der Waals surface area contributed by atoms with Crippen molar-refractivity contribution in [1.82, 2.24) is 25.9 Å². The van der Waals surface area contributed by atoms with Crippen molar-refractivity contribution in [2.75, 3.05) is 0 Å². The van der Waals surface area contributed by atoms with Crippen LogP contribution in [0.15, 0.2) is 42.7 Å². The van der Waals surface area contributed by atoms with E-state index >= 15 is 0 Å². The molecule has 1 aromatic carbocycles. The fourth-order valence-corrected chi connectivity index (χ4v) is 6.29. The summed E-state index contributed by atoms with van der Waals surface area (Å²) in [6, 6.07) is 5.72. The molecule has 0 saturated heterocycles. The summed E-state index contributed by atoms with van der Waals surface area (Å²) in [6.45, 7) is 7.53. The van der Waals surface area contributed by atoms with Crippen LogP contribution in [0.1, 0.15) is 69.3 Å². The quantitative estimate of drug-likeness (QED) is 0.181. The predicted octanol–water partition coefficient (Wildman–Crippen LogP) is 4.52. The molecule has 46 heavy (non-hydrogen) atoms. The van der Waals surface area contributed by atoms with Gasteiger partial charge in [-0.2, -0.15) is 13.2 Å². The lowest BCUT2D eigenvalue weighted by atomic mass is 9.78. The Kier molecular flexibility index (Phi) is 10.8. The first-order chi connectivity index (χ1) is 21.7. The number of nitrogens with zero attached hydrogens (tertiary/aromatic N) is 1. The molecule has 2 aromatic heterocycles. The van der Waals surface area contributed by atoms with Crippen LogP contribution < -0.4 is 21.7 Å². The third-order valence-corrected chi connectivity index (χ3v) is 9.37. The van der Waals surface area contributed by atoms with Crippen molar-refractivity contribution in [3.05, 3.63) is 65.1 Å². The number of halogens is 3. The van der Waals surface area contributed by atoms with Crippen LogP contribution in [-0.2, 0) is 39.8 Å². The van der Waals surface area contributed by atoms with E-state index in [1.165, 1.54) is 6.07 Å². The highest BCUT2D eigenvalue weighted by molar-refractivity contribution is 7.80. The van der Waals surface area contributed by atoms with E-state index in [0.29, 0.717) is 35.0 Å². The van der Waals surface area contributed by atoms with Gasteiger partial charge in [0.05, 0.1) is 28.5 Å². The highest BCUT2D eigenvalue weighted by atomic mass is 32.1. The largest absolute Gasteiger partial charge is 0.418 e. The zero-order valence-corrected chi connectivity index (χ0v) is 27.2. The van der Waals surface area contributed by atoms with E-state index < -0.39 is 41.2 Å². The third kappa shape index (κ3) is 7.51. The van der Waals surface area contributed by atoms with Gasteiger partial charge in [0.2, 0.25) is 17.7 Å². The van der Waals surface area contributed by atoms with Crippen molar-refractivity contribution in [3.8, 4) is 0 Å². The van der Waals surface area contributed by atoms with E-state index in [2.05, 4.69) is 25.9 Å². The van der Waals surface area contributed by atoms with Crippen molar-refractivity contribution >= 4 is 45.8 Å². The summed E-state index contributed by atoms with van der Waals surface area (Å²) in [5.74, 6) is -1.92. The van der Waals surface area contributed by atoms with Crippen LogP contribution >= 0.6 is 12.2 Å². The van der Waals surface area contributed by atoms with Gasteiger partial charge in [0.1, 0.15) is 11.6 Å². The second-order valence-electron chi connectivity index (χ2n) is 12.3. The van der Waals surface area contributed by atoms with Crippen LogP contribution in [0.5, 0.6) is 0 Å². The van der Waals surface area contributed by atoms with Crippen molar-refractivity contribution in [3.63, 3.8) is 0 Å². The van der Waals surface area contributed by atoms with E-state index in [1.54, 1.807) is 30.6 Å². The molecule has 9 nitrogen and oxygen atoms in total. The number of carbonyl (C=O) groups excluding carboxylic acids is 3. The Labute approximate surface area is 271 Å². The summed E-state index contributed by atoms with van der Waals surface area (Å²) in [5, 5.41) is 9.06. The fourth-order valence-electron chi connectivity index (χ4n) is 6.00. The molecule has 3 aromatic rings. The number of nitrogens with two attached hydrogens (primary N) is 1. The lowest BCUT2D eigenvalue weighted by Crippen LogP contribution is -2.67. The summed E-state index contributed by atoms with van der Waals surface area (Å²) in [4.78, 5) is 48.5. The molecule has 0 saturated carbocycles. The molecule has 0 aliphatic heterocycles.